The minimum atomic E-state index is -0.182. The van der Waals surface area contributed by atoms with Crippen molar-refractivity contribution in [2.45, 2.75) is 12.8 Å². The lowest BCUT2D eigenvalue weighted by molar-refractivity contribution is -0.119. The smallest absolute Gasteiger partial charge is 0.231 e. The van der Waals surface area contributed by atoms with Crippen molar-refractivity contribution in [3.05, 3.63) is 33.8 Å². The largest absolute Gasteiger partial charge is 0.356 e. The summed E-state index contributed by atoms with van der Waals surface area (Å²) in [6.07, 6.45) is 1.12. The molecule has 0 radical (unpaired) electrons. The van der Waals surface area contributed by atoms with Gasteiger partial charge in [0.2, 0.25) is 5.91 Å². The predicted molar refractivity (Wildman–Crippen MR) is 73.2 cm³/mol. The Hall–Kier alpha value is -1.26. The zero-order valence-electron chi connectivity index (χ0n) is 9.67. The highest BCUT2D eigenvalue weighted by atomic mass is 35.5. The lowest BCUT2D eigenvalue weighted by atomic mass is 10.1. The summed E-state index contributed by atoms with van der Waals surface area (Å²) in [5.74, 6) is 0.340. The number of hydrogen-bond acceptors (Lipinski definition) is 3. The molecule has 4 nitrogen and oxygen atoms in total. The summed E-state index contributed by atoms with van der Waals surface area (Å²) in [5.41, 5.74) is 0.634. The van der Waals surface area contributed by atoms with E-state index in [2.05, 4.69) is 15.6 Å². The molecule has 0 saturated heterocycles. The maximum Gasteiger partial charge on any atom is 0.231 e. The maximum atomic E-state index is 11.8. The summed E-state index contributed by atoms with van der Waals surface area (Å²) in [6.45, 7) is 1.56. The monoisotopic (exact) mass is 285 g/mol. The van der Waals surface area contributed by atoms with Crippen LogP contribution in [0, 0.1) is 0 Å². The Kier molecular flexibility index (Phi) is 4.44. The topological polar surface area (TPSA) is 53.5 Å². The van der Waals surface area contributed by atoms with E-state index in [0.29, 0.717) is 21.6 Å². The molecule has 2 N–H and O–H groups in total. The van der Waals surface area contributed by atoms with Gasteiger partial charge in [-0.3, -0.25) is 15.1 Å². The van der Waals surface area contributed by atoms with Gasteiger partial charge in [-0.2, -0.15) is 0 Å². The molecule has 1 aliphatic heterocycles. The molecule has 1 amide bonds. The summed E-state index contributed by atoms with van der Waals surface area (Å²) in [4.78, 5) is 16.0. The molecule has 0 spiro atoms. The van der Waals surface area contributed by atoms with Crippen LogP contribution in [0.2, 0.25) is 10.0 Å². The number of rotatable bonds is 2. The molecule has 96 valence electrons. The van der Waals surface area contributed by atoms with Gasteiger partial charge >= 0.3 is 0 Å². The third-order valence-electron chi connectivity index (χ3n) is 2.55. The fourth-order valence-electron chi connectivity index (χ4n) is 1.65. The quantitative estimate of drug-likeness (QED) is 0.873. The molecular formula is C12H13Cl2N3O. The van der Waals surface area contributed by atoms with E-state index in [9.17, 15) is 4.79 Å². The van der Waals surface area contributed by atoms with Gasteiger partial charge in [-0.1, -0.05) is 29.3 Å². The number of benzene rings is 1. The molecule has 1 aliphatic rings. The maximum absolute atomic E-state index is 11.8. The highest BCUT2D eigenvalue weighted by Gasteiger charge is 2.13. The van der Waals surface area contributed by atoms with Crippen molar-refractivity contribution in [3.8, 4) is 0 Å². The molecular weight excluding hydrogens is 273 g/mol. The number of carbonyl (C=O) groups excluding carboxylic acids is 1. The number of aliphatic imine (C=N–C) groups is 1. The van der Waals surface area contributed by atoms with Gasteiger partial charge < -0.3 is 5.32 Å². The zero-order chi connectivity index (χ0) is 13.0. The minimum absolute atomic E-state index is 0.138. The molecule has 1 aromatic rings. The normalized spacial score (nSPS) is 14.7. The summed E-state index contributed by atoms with van der Waals surface area (Å²) >= 11 is 12.0. The minimum Gasteiger partial charge on any atom is -0.356 e. The number of amides is 1. The second-order valence-electron chi connectivity index (χ2n) is 3.94. The summed E-state index contributed by atoms with van der Waals surface area (Å²) < 4.78 is 0. The number of carbonyl (C=O) groups is 1. The molecule has 0 unspecified atom stereocenters. The van der Waals surface area contributed by atoms with Crippen molar-refractivity contribution in [2.24, 2.45) is 4.99 Å². The molecule has 0 fully saturated rings. The van der Waals surface area contributed by atoms with Gasteiger partial charge in [0.25, 0.3) is 0 Å². The Balaban J connectivity index is 2.01. The van der Waals surface area contributed by atoms with Crippen LogP contribution in [-0.4, -0.2) is 25.0 Å². The molecule has 2 rings (SSSR count). The van der Waals surface area contributed by atoms with E-state index in [0.717, 1.165) is 19.5 Å². The van der Waals surface area contributed by atoms with Gasteiger partial charge in [0.05, 0.1) is 6.42 Å². The van der Waals surface area contributed by atoms with Crippen LogP contribution in [0.25, 0.3) is 0 Å². The lowest BCUT2D eigenvalue weighted by Crippen LogP contribution is -2.44. The van der Waals surface area contributed by atoms with Crippen LogP contribution in [0.3, 0.4) is 0 Å². The van der Waals surface area contributed by atoms with Crippen molar-refractivity contribution in [1.29, 1.82) is 0 Å². The average Bonchev–Trinajstić information content (AvgIpc) is 2.35. The highest BCUT2D eigenvalue weighted by Crippen LogP contribution is 2.24. The number of nitrogens with one attached hydrogen (secondary N) is 2. The van der Waals surface area contributed by atoms with Gasteiger partial charge in [-0.05, 0) is 24.1 Å². The standard InChI is InChI=1S/C12H13Cl2N3O/c13-9-3-1-4-10(14)8(9)7-11(18)17-12-15-5-2-6-16-12/h1,3-4H,2,5-7H2,(H2,15,16,17,18). The molecule has 0 saturated carbocycles. The van der Waals surface area contributed by atoms with Gasteiger partial charge in [-0.25, -0.2) is 0 Å². The number of halogens is 2. The van der Waals surface area contributed by atoms with Gasteiger partial charge in [0, 0.05) is 23.1 Å². The third kappa shape index (κ3) is 3.37. The third-order valence-corrected chi connectivity index (χ3v) is 3.26. The van der Waals surface area contributed by atoms with Crippen molar-refractivity contribution < 1.29 is 4.79 Å². The predicted octanol–water partition coefficient (Wildman–Crippen LogP) is 2.00. The van der Waals surface area contributed by atoms with Crippen LogP contribution in [-0.2, 0) is 11.2 Å². The summed E-state index contributed by atoms with van der Waals surface area (Å²) in [6, 6.07) is 5.18. The highest BCUT2D eigenvalue weighted by molar-refractivity contribution is 6.36. The van der Waals surface area contributed by atoms with Crippen LogP contribution in [0.15, 0.2) is 23.2 Å². The Labute approximate surface area is 115 Å². The SMILES string of the molecule is O=C(Cc1c(Cl)cccc1Cl)NC1=NCCCN1. The summed E-state index contributed by atoms with van der Waals surface area (Å²) in [5, 5.41) is 6.71. The Bertz CT molecular complexity index is 468. The van der Waals surface area contributed by atoms with Crippen molar-refractivity contribution in [3.63, 3.8) is 0 Å². The molecule has 1 aromatic carbocycles. The van der Waals surface area contributed by atoms with Crippen molar-refractivity contribution >= 4 is 35.1 Å². The van der Waals surface area contributed by atoms with Crippen molar-refractivity contribution in [1.82, 2.24) is 10.6 Å². The summed E-state index contributed by atoms with van der Waals surface area (Å²) in [7, 11) is 0. The number of guanidine groups is 1. The Morgan fingerprint density at radius 3 is 2.72 bits per heavy atom. The molecule has 6 heteroatoms. The first-order valence-electron chi connectivity index (χ1n) is 5.68. The van der Waals surface area contributed by atoms with E-state index in [-0.39, 0.29) is 12.3 Å². The molecule has 1 heterocycles. The first-order chi connectivity index (χ1) is 8.66. The van der Waals surface area contributed by atoms with Gasteiger partial charge in [0.15, 0.2) is 5.96 Å². The Morgan fingerprint density at radius 2 is 2.11 bits per heavy atom. The molecule has 0 bridgehead atoms. The van der Waals surface area contributed by atoms with E-state index in [1.165, 1.54) is 0 Å². The van der Waals surface area contributed by atoms with Crippen LogP contribution < -0.4 is 10.6 Å². The first kappa shape index (κ1) is 13.2. The zero-order valence-corrected chi connectivity index (χ0v) is 11.2. The van der Waals surface area contributed by atoms with Crippen LogP contribution >= 0.6 is 23.2 Å². The number of hydrogen-bond donors (Lipinski definition) is 2. The van der Waals surface area contributed by atoms with E-state index in [4.69, 9.17) is 23.2 Å². The second kappa shape index (κ2) is 6.07. The number of nitrogens with zero attached hydrogens (tertiary/aromatic N) is 1. The second-order valence-corrected chi connectivity index (χ2v) is 4.75. The van der Waals surface area contributed by atoms with Crippen LogP contribution in [0.5, 0.6) is 0 Å². The first-order valence-corrected chi connectivity index (χ1v) is 6.43. The van der Waals surface area contributed by atoms with E-state index in [1.807, 2.05) is 0 Å². The van der Waals surface area contributed by atoms with Crippen LogP contribution in [0.4, 0.5) is 0 Å². The molecule has 18 heavy (non-hydrogen) atoms. The molecule has 0 aliphatic carbocycles. The molecule has 0 aromatic heterocycles. The van der Waals surface area contributed by atoms with Gasteiger partial charge in [0.1, 0.15) is 0 Å². The Morgan fingerprint density at radius 1 is 1.39 bits per heavy atom. The molecule has 0 atom stereocenters. The van der Waals surface area contributed by atoms with Crippen molar-refractivity contribution in [2.75, 3.05) is 13.1 Å². The van der Waals surface area contributed by atoms with Crippen LogP contribution in [0.1, 0.15) is 12.0 Å². The fourth-order valence-corrected chi connectivity index (χ4v) is 2.19. The van der Waals surface area contributed by atoms with E-state index < -0.39 is 0 Å². The van der Waals surface area contributed by atoms with Gasteiger partial charge in [-0.15, -0.1) is 0 Å². The van der Waals surface area contributed by atoms with E-state index >= 15 is 0 Å². The van der Waals surface area contributed by atoms with E-state index in [1.54, 1.807) is 18.2 Å². The lowest BCUT2D eigenvalue weighted by Gasteiger charge is -2.15. The fraction of sp³-hybridized carbons (Fsp3) is 0.333. The average molecular weight is 286 g/mol.